The third kappa shape index (κ3) is 2.87. The molecule has 0 fully saturated rings. The fraction of sp³-hybridized carbons (Fsp3) is 0.231. The van der Waals surface area contributed by atoms with Gasteiger partial charge < -0.3 is 10.4 Å². The molecule has 0 aliphatic carbocycles. The van der Waals surface area contributed by atoms with Crippen molar-refractivity contribution in [3.05, 3.63) is 45.3 Å². The zero-order valence-corrected chi connectivity index (χ0v) is 11.0. The minimum atomic E-state index is -0.960. The van der Waals surface area contributed by atoms with E-state index < -0.39 is 5.97 Å². The number of hydrogen-bond acceptors (Lipinski definition) is 4. The topological polar surface area (TPSA) is 62.2 Å². The summed E-state index contributed by atoms with van der Waals surface area (Å²) in [5.74, 6) is -0.276. The minimum Gasteiger partial charge on any atom is -0.478 e. The van der Waals surface area contributed by atoms with Gasteiger partial charge in [-0.15, -0.1) is 11.3 Å². The van der Waals surface area contributed by atoms with Gasteiger partial charge in [0.25, 0.3) is 0 Å². The molecule has 2 aromatic rings. The fourth-order valence-electron chi connectivity index (χ4n) is 1.54. The molecule has 0 aliphatic heterocycles. The first kappa shape index (κ1) is 12.6. The Morgan fingerprint density at radius 1 is 1.44 bits per heavy atom. The van der Waals surface area contributed by atoms with Gasteiger partial charge in [-0.1, -0.05) is 0 Å². The third-order valence-electron chi connectivity index (χ3n) is 2.67. The minimum absolute atomic E-state index is 0.198. The Labute approximate surface area is 109 Å². The summed E-state index contributed by atoms with van der Waals surface area (Å²) < 4.78 is 0. The molecule has 0 aromatic carbocycles. The lowest BCUT2D eigenvalue weighted by Gasteiger charge is -2.03. The molecule has 0 atom stereocenters. The van der Waals surface area contributed by atoms with Gasteiger partial charge >= 0.3 is 5.97 Å². The molecule has 0 unspecified atom stereocenters. The van der Waals surface area contributed by atoms with Gasteiger partial charge in [-0.25, -0.2) is 9.78 Å². The van der Waals surface area contributed by atoms with E-state index in [9.17, 15) is 4.79 Å². The molecule has 94 valence electrons. The zero-order chi connectivity index (χ0) is 13.1. The maximum atomic E-state index is 10.7. The highest BCUT2D eigenvalue weighted by molar-refractivity contribution is 7.12. The number of aromatic carboxylic acids is 1. The molecule has 0 bridgehead atoms. The summed E-state index contributed by atoms with van der Waals surface area (Å²) in [5.41, 5.74) is 1.49. The van der Waals surface area contributed by atoms with Crippen LogP contribution in [-0.2, 0) is 6.54 Å². The van der Waals surface area contributed by atoms with Gasteiger partial charge in [0.1, 0.15) is 5.82 Å². The first-order valence-corrected chi connectivity index (χ1v) is 6.37. The van der Waals surface area contributed by atoms with Crippen molar-refractivity contribution in [3.8, 4) is 0 Å². The summed E-state index contributed by atoms with van der Waals surface area (Å²) in [6.45, 7) is 4.90. The number of nitrogens with one attached hydrogen (secondary N) is 1. The molecule has 0 amide bonds. The molecule has 0 spiro atoms. The van der Waals surface area contributed by atoms with Crippen molar-refractivity contribution in [2.75, 3.05) is 5.32 Å². The van der Waals surface area contributed by atoms with Crippen LogP contribution in [0.25, 0.3) is 0 Å². The smallest absolute Gasteiger partial charge is 0.337 e. The molecule has 0 saturated carbocycles. The molecule has 0 radical (unpaired) electrons. The molecule has 5 heteroatoms. The Hall–Kier alpha value is -1.88. The van der Waals surface area contributed by atoms with Crippen molar-refractivity contribution in [3.63, 3.8) is 0 Å². The van der Waals surface area contributed by atoms with E-state index in [-0.39, 0.29) is 5.56 Å². The van der Waals surface area contributed by atoms with E-state index in [1.165, 1.54) is 21.5 Å². The Bertz CT molecular complexity index is 541. The molecule has 0 aliphatic rings. The van der Waals surface area contributed by atoms with E-state index in [0.29, 0.717) is 12.4 Å². The van der Waals surface area contributed by atoms with Gasteiger partial charge in [0.2, 0.25) is 0 Å². The molecule has 2 N–H and O–H groups in total. The molecule has 2 rings (SSSR count). The number of aromatic nitrogens is 1. The molecule has 2 heterocycles. The highest BCUT2D eigenvalue weighted by Crippen LogP contribution is 2.21. The van der Waals surface area contributed by atoms with Gasteiger partial charge in [-0.2, -0.15) is 0 Å². The van der Waals surface area contributed by atoms with Crippen molar-refractivity contribution in [1.29, 1.82) is 0 Å². The van der Waals surface area contributed by atoms with Crippen molar-refractivity contribution < 1.29 is 9.90 Å². The Morgan fingerprint density at radius 2 is 2.22 bits per heavy atom. The molecule has 0 saturated heterocycles. The number of anilines is 1. The van der Waals surface area contributed by atoms with Crippen LogP contribution in [0.15, 0.2) is 24.4 Å². The Morgan fingerprint density at radius 3 is 2.72 bits per heavy atom. The predicted molar refractivity (Wildman–Crippen MR) is 72.3 cm³/mol. The van der Waals surface area contributed by atoms with E-state index in [1.807, 2.05) is 0 Å². The van der Waals surface area contributed by atoms with E-state index in [0.717, 1.165) is 0 Å². The van der Waals surface area contributed by atoms with Crippen LogP contribution in [-0.4, -0.2) is 16.1 Å². The highest BCUT2D eigenvalue weighted by atomic mass is 32.1. The number of aryl methyl sites for hydroxylation is 2. The average Bonchev–Trinajstić information content (AvgIpc) is 2.67. The summed E-state index contributed by atoms with van der Waals surface area (Å²) >= 11 is 1.76. The first-order chi connectivity index (χ1) is 8.56. The van der Waals surface area contributed by atoms with Gasteiger partial charge in [0.15, 0.2) is 0 Å². The SMILES string of the molecule is Cc1cc(CNc2ccc(C(=O)O)cn2)sc1C. The van der Waals surface area contributed by atoms with E-state index in [2.05, 4.69) is 30.2 Å². The maximum Gasteiger partial charge on any atom is 0.337 e. The standard InChI is InChI=1S/C13H14N2O2S/c1-8-5-11(18-9(8)2)7-15-12-4-3-10(6-14-12)13(16)17/h3-6H,7H2,1-2H3,(H,14,15)(H,16,17). The van der Waals surface area contributed by atoms with Gasteiger partial charge in [0, 0.05) is 16.0 Å². The summed E-state index contributed by atoms with van der Waals surface area (Å²) in [4.78, 5) is 17.3. The lowest BCUT2D eigenvalue weighted by molar-refractivity contribution is 0.0696. The van der Waals surface area contributed by atoms with Crippen LogP contribution in [0.5, 0.6) is 0 Å². The number of carboxylic acids is 1. The normalized spacial score (nSPS) is 10.3. The van der Waals surface area contributed by atoms with Crippen LogP contribution in [0.1, 0.15) is 25.7 Å². The second-order valence-electron chi connectivity index (χ2n) is 4.04. The Kier molecular flexibility index (Phi) is 3.62. The molecular formula is C13H14N2O2S. The van der Waals surface area contributed by atoms with E-state index in [4.69, 9.17) is 5.11 Å². The second kappa shape index (κ2) is 5.18. The number of nitrogens with zero attached hydrogens (tertiary/aromatic N) is 1. The van der Waals surface area contributed by atoms with E-state index >= 15 is 0 Å². The summed E-state index contributed by atoms with van der Waals surface area (Å²) in [5, 5.41) is 11.9. The van der Waals surface area contributed by atoms with Gasteiger partial charge in [0.05, 0.1) is 12.1 Å². The van der Waals surface area contributed by atoms with Crippen molar-refractivity contribution in [2.45, 2.75) is 20.4 Å². The number of rotatable bonds is 4. The van der Waals surface area contributed by atoms with Gasteiger partial charge in [-0.05, 0) is 37.6 Å². The van der Waals surface area contributed by atoms with Crippen LogP contribution in [0.2, 0.25) is 0 Å². The van der Waals surface area contributed by atoms with Crippen molar-refractivity contribution >= 4 is 23.1 Å². The third-order valence-corrected chi connectivity index (χ3v) is 3.82. The first-order valence-electron chi connectivity index (χ1n) is 5.55. The lowest BCUT2D eigenvalue weighted by atomic mass is 10.3. The predicted octanol–water partition coefficient (Wildman–Crippen LogP) is 3.07. The van der Waals surface area contributed by atoms with Crippen molar-refractivity contribution in [1.82, 2.24) is 4.98 Å². The van der Waals surface area contributed by atoms with Crippen LogP contribution in [0.4, 0.5) is 5.82 Å². The van der Waals surface area contributed by atoms with Crippen molar-refractivity contribution in [2.24, 2.45) is 0 Å². The summed E-state index contributed by atoms with van der Waals surface area (Å²) in [7, 11) is 0. The number of thiophene rings is 1. The molecular weight excluding hydrogens is 248 g/mol. The van der Waals surface area contributed by atoms with Crippen LogP contribution >= 0.6 is 11.3 Å². The number of carbonyl (C=O) groups is 1. The quantitative estimate of drug-likeness (QED) is 0.889. The largest absolute Gasteiger partial charge is 0.478 e. The average molecular weight is 262 g/mol. The lowest BCUT2D eigenvalue weighted by Crippen LogP contribution is -2.02. The maximum absolute atomic E-state index is 10.7. The van der Waals surface area contributed by atoms with Crippen LogP contribution in [0.3, 0.4) is 0 Å². The molecule has 18 heavy (non-hydrogen) atoms. The fourth-order valence-corrected chi connectivity index (χ4v) is 2.53. The highest BCUT2D eigenvalue weighted by Gasteiger charge is 2.04. The molecule has 2 aromatic heterocycles. The number of carboxylic acid groups (broad SMARTS) is 1. The summed E-state index contributed by atoms with van der Waals surface area (Å²) in [6, 6.07) is 5.37. The van der Waals surface area contributed by atoms with E-state index in [1.54, 1.807) is 23.5 Å². The second-order valence-corrected chi connectivity index (χ2v) is 5.38. The summed E-state index contributed by atoms with van der Waals surface area (Å²) in [6.07, 6.45) is 1.36. The van der Waals surface area contributed by atoms with Crippen LogP contribution < -0.4 is 5.32 Å². The monoisotopic (exact) mass is 262 g/mol. The van der Waals surface area contributed by atoms with Gasteiger partial charge in [-0.3, -0.25) is 0 Å². The number of pyridine rings is 1. The van der Waals surface area contributed by atoms with Crippen LogP contribution in [0, 0.1) is 13.8 Å². The zero-order valence-electron chi connectivity index (χ0n) is 10.2. The Balaban J connectivity index is 2.00. The number of hydrogen-bond donors (Lipinski definition) is 2. The molecule has 4 nitrogen and oxygen atoms in total.